The van der Waals surface area contributed by atoms with Crippen LogP contribution in [0, 0.1) is 6.92 Å². The number of anilines is 2. The molecule has 2 nitrogen and oxygen atoms in total. The van der Waals surface area contributed by atoms with E-state index in [2.05, 4.69) is 64.2 Å². The van der Waals surface area contributed by atoms with E-state index in [1.807, 2.05) is 0 Å². The van der Waals surface area contributed by atoms with Crippen LogP contribution in [0.3, 0.4) is 0 Å². The predicted molar refractivity (Wildman–Crippen MR) is 88.5 cm³/mol. The normalized spacial score (nSPS) is 14.2. The topological polar surface area (TPSA) is 29.3 Å². The van der Waals surface area contributed by atoms with Crippen LogP contribution in [0.1, 0.15) is 23.1 Å². The van der Waals surface area contributed by atoms with Crippen LogP contribution >= 0.6 is 15.9 Å². The Kier molecular flexibility index (Phi) is 3.81. The lowest BCUT2D eigenvalue weighted by molar-refractivity contribution is 0.762. The van der Waals surface area contributed by atoms with Crippen LogP contribution in [0.15, 0.2) is 40.9 Å². The van der Waals surface area contributed by atoms with Gasteiger partial charge in [-0.1, -0.05) is 39.7 Å². The lowest BCUT2D eigenvalue weighted by Gasteiger charge is -2.33. The Labute approximate surface area is 128 Å². The monoisotopic (exact) mass is 330 g/mol. The van der Waals surface area contributed by atoms with E-state index in [1.54, 1.807) is 0 Å². The van der Waals surface area contributed by atoms with Crippen LogP contribution in [-0.2, 0) is 13.0 Å². The molecule has 1 heterocycles. The van der Waals surface area contributed by atoms with Crippen molar-refractivity contribution in [2.24, 2.45) is 5.73 Å². The Morgan fingerprint density at radius 3 is 2.80 bits per heavy atom. The molecule has 0 aliphatic carbocycles. The lowest BCUT2D eigenvalue weighted by atomic mass is 9.98. The standard InChI is InChI=1S/C17H19BrN2/c1-12-4-7-16-13(9-12)3-2-8-20(16)17-10-15(18)6-5-14(17)11-19/h4-7,9-10H,2-3,8,11,19H2,1H3. The third-order valence-electron chi connectivity index (χ3n) is 3.91. The van der Waals surface area contributed by atoms with Gasteiger partial charge in [0, 0.05) is 28.9 Å². The van der Waals surface area contributed by atoms with E-state index < -0.39 is 0 Å². The minimum atomic E-state index is 0.570. The fourth-order valence-electron chi connectivity index (χ4n) is 2.94. The molecular weight excluding hydrogens is 312 g/mol. The zero-order valence-corrected chi connectivity index (χ0v) is 13.3. The fourth-order valence-corrected chi connectivity index (χ4v) is 3.29. The van der Waals surface area contributed by atoms with Crippen molar-refractivity contribution in [3.63, 3.8) is 0 Å². The third kappa shape index (κ3) is 2.48. The molecule has 0 atom stereocenters. The summed E-state index contributed by atoms with van der Waals surface area (Å²) in [5.41, 5.74) is 12.4. The van der Waals surface area contributed by atoms with Gasteiger partial charge < -0.3 is 10.6 Å². The molecular formula is C17H19BrN2. The molecule has 104 valence electrons. The Hall–Kier alpha value is -1.32. The van der Waals surface area contributed by atoms with E-state index in [0.717, 1.165) is 11.0 Å². The van der Waals surface area contributed by atoms with Gasteiger partial charge in [0.25, 0.3) is 0 Å². The number of aryl methyl sites for hydroxylation is 2. The van der Waals surface area contributed by atoms with Crippen molar-refractivity contribution in [3.8, 4) is 0 Å². The molecule has 3 heteroatoms. The second-order valence-corrected chi connectivity index (χ2v) is 6.28. The van der Waals surface area contributed by atoms with Crippen LogP contribution in [0.25, 0.3) is 0 Å². The number of fused-ring (bicyclic) bond motifs is 1. The Balaban J connectivity index is 2.11. The van der Waals surface area contributed by atoms with E-state index in [-0.39, 0.29) is 0 Å². The number of nitrogens with two attached hydrogens (primary N) is 1. The molecule has 0 bridgehead atoms. The van der Waals surface area contributed by atoms with Crippen molar-refractivity contribution in [2.45, 2.75) is 26.3 Å². The van der Waals surface area contributed by atoms with Crippen molar-refractivity contribution >= 4 is 27.3 Å². The summed E-state index contributed by atoms with van der Waals surface area (Å²) in [4.78, 5) is 2.41. The zero-order valence-electron chi connectivity index (χ0n) is 11.7. The largest absolute Gasteiger partial charge is 0.341 e. The highest BCUT2D eigenvalue weighted by molar-refractivity contribution is 9.10. The van der Waals surface area contributed by atoms with Gasteiger partial charge in [-0.05, 0) is 49.1 Å². The summed E-state index contributed by atoms with van der Waals surface area (Å²) in [5.74, 6) is 0. The first-order chi connectivity index (χ1) is 9.69. The Morgan fingerprint density at radius 1 is 1.15 bits per heavy atom. The second kappa shape index (κ2) is 5.58. The molecule has 2 N–H and O–H groups in total. The summed E-state index contributed by atoms with van der Waals surface area (Å²) >= 11 is 3.58. The molecule has 20 heavy (non-hydrogen) atoms. The van der Waals surface area contributed by atoms with E-state index in [0.29, 0.717) is 6.54 Å². The average Bonchev–Trinajstić information content (AvgIpc) is 2.46. The minimum Gasteiger partial charge on any atom is -0.341 e. The minimum absolute atomic E-state index is 0.570. The number of benzene rings is 2. The van der Waals surface area contributed by atoms with E-state index in [9.17, 15) is 0 Å². The molecule has 0 aromatic heterocycles. The zero-order chi connectivity index (χ0) is 14.1. The highest BCUT2D eigenvalue weighted by atomic mass is 79.9. The summed E-state index contributed by atoms with van der Waals surface area (Å²) < 4.78 is 1.10. The summed E-state index contributed by atoms with van der Waals surface area (Å²) in [6.45, 7) is 3.78. The molecule has 3 rings (SSSR count). The van der Waals surface area contributed by atoms with E-state index in [4.69, 9.17) is 5.73 Å². The van der Waals surface area contributed by atoms with Crippen LogP contribution < -0.4 is 10.6 Å². The average molecular weight is 331 g/mol. The molecule has 2 aromatic carbocycles. The van der Waals surface area contributed by atoms with Gasteiger partial charge in [0.1, 0.15) is 0 Å². The van der Waals surface area contributed by atoms with Crippen molar-refractivity contribution in [2.75, 3.05) is 11.4 Å². The summed E-state index contributed by atoms with van der Waals surface area (Å²) in [6, 6.07) is 13.1. The van der Waals surface area contributed by atoms with Crippen LogP contribution in [0.4, 0.5) is 11.4 Å². The second-order valence-electron chi connectivity index (χ2n) is 5.36. The van der Waals surface area contributed by atoms with Crippen molar-refractivity contribution < 1.29 is 0 Å². The molecule has 0 amide bonds. The first-order valence-corrected chi connectivity index (χ1v) is 7.84. The van der Waals surface area contributed by atoms with E-state index >= 15 is 0 Å². The molecule has 1 aliphatic rings. The molecule has 0 fully saturated rings. The number of hydrogen-bond donors (Lipinski definition) is 1. The quantitative estimate of drug-likeness (QED) is 0.889. The molecule has 0 unspecified atom stereocenters. The summed E-state index contributed by atoms with van der Waals surface area (Å²) in [6.07, 6.45) is 2.35. The Morgan fingerprint density at radius 2 is 2.00 bits per heavy atom. The first kappa shape index (κ1) is 13.7. The van der Waals surface area contributed by atoms with Crippen molar-refractivity contribution in [1.82, 2.24) is 0 Å². The van der Waals surface area contributed by atoms with Gasteiger partial charge in [0.2, 0.25) is 0 Å². The van der Waals surface area contributed by atoms with Crippen molar-refractivity contribution in [1.29, 1.82) is 0 Å². The smallest absolute Gasteiger partial charge is 0.0467 e. The fraction of sp³-hybridized carbons (Fsp3) is 0.294. The first-order valence-electron chi connectivity index (χ1n) is 7.04. The SMILES string of the molecule is Cc1ccc2c(c1)CCCN2c1cc(Br)ccc1CN. The van der Waals surface area contributed by atoms with Gasteiger partial charge in [-0.3, -0.25) is 0 Å². The number of nitrogens with zero attached hydrogens (tertiary/aromatic N) is 1. The molecule has 0 spiro atoms. The third-order valence-corrected chi connectivity index (χ3v) is 4.40. The number of halogens is 1. The molecule has 2 aromatic rings. The van der Waals surface area contributed by atoms with Gasteiger partial charge in [-0.15, -0.1) is 0 Å². The van der Waals surface area contributed by atoms with Crippen molar-refractivity contribution in [3.05, 3.63) is 57.6 Å². The molecule has 0 saturated heterocycles. The molecule has 0 saturated carbocycles. The summed E-state index contributed by atoms with van der Waals surface area (Å²) in [5, 5.41) is 0. The number of rotatable bonds is 2. The van der Waals surface area contributed by atoms with Gasteiger partial charge in [-0.25, -0.2) is 0 Å². The van der Waals surface area contributed by atoms with Crippen LogP contribution in [0.5, 0.6) is 0 Å². The molecule has 1 aliphatic heterocycles. The number of hydrogen-bond acceptors (Lipinski definition) is 2. The van der Waals surface area contributed by atoms with Gasteiger partial charge in [0.15, 0.2) is 0 Å². The highest BCUT2D eigenvalue weighted by Gasteiger charge is 2.20. The molecule has 0 radical (unpaired) electrons. The van der Waals surface area contributed by atoms with Crippen LogP contribution in [-0.4, -0.2) is 6.54 Å². The lowest BCUT2D eigenvalue weighted by Crippen LogP contribution is -2.26. The maximum atomic E-state index is 5.91. The Bertz CT molecular complexity index is 637. The highest BCUT2D eigenvalue weighted by Crippen LogP contribution is 2.36. The summed E-state index contributed by atoms with van der Waals surface area (Å²) in [7, 11) is 0. The maximum Gasteiger partial charge on any atom is 0.0467 e. The van der Waals surface area contributed by atoms with Gasteiger partial charge in [-0.2, -0.15) is 0 Å². The van der Waals surface area contributed by atoms with Crippen LogP contribution in [0.2, 0.25) is 0 Å². The van der Waals surface area contributed by atoms with Gasteiger partial charge in [0.05, 0.1) is 0 Å². The van der Waals surface area contributed by atoms with Gasteiger partial charge >= 0.3 is 0 Å². The maximum absolute atomic E-state index is 5.91. The predicted octanol–water partition coefficient (Wildman–Crippen LogP) is 4.30. The van der Waals surface area contributed by atoms with E-state index in [1.165, 1.54) is 40.9 Å².